The fourth-order valence-electron chi connectivity index (χ4n) is 2.50. The number of nitrogens with zero attached hydrogens (tertiary/aromatic N) is 3. The minimum absolute atomic E-state index is 0.148. The second-order valence-corrected chi connectivity index (χ2v) is 6.33. The van der Waals surface area contributed by atoms with Gasteiger partial charge < -0.3 is 15.0 Å². The van der Waals surface area contributed by atoms with Crippen LogP contribution in [-0.4, -0.2) is 40.1 Å². The molecule has 1 N–H and O–H groups in total. The van der Waals surface area contributed by atoms with Gasteiger partial charge in [0.1, 0.15) is 6.10 Å². The average Bonchev–Trinajstić information content (AvgIpc) is 2.57. The molecular weight excluding hydrogens is 351 g/mol. The van der Waals surface area contributed by atoms with Crippen molar-refractivity contribution in [1.29, 1.82) is 0 Å². The van der Waals surface area contributed by atoms with E-state index in [1.54, 1.807) is 29.2 Å². The normalized spacial score (nSPS) is 17.4. The Morgan fingerprint density at radius 2 is 2.04 bits per heavy atom. The number of carbonyl (C=O) groups is 1. The number of anilines is 1. The second kappa shape index (κ2) is 7.68. The Labute approximate surface area is 149 Å². The molecule has 3 rings (SSSR count). The van der Waals surface area contributed by atoms with Crippen LogP contribution in [0.4, 0.5) is 10.5 Å². The maximum atomic E-state index is 12.4. The topological polar surface area (TPSA) is 67.4 Å². The number of ether oxygens (including phenoxy) is 1. The summed E-state index contributed by atoms with van der Waals surface area (Å²) < 4.78 is 5.74. The predicted molar refractivity (Wildman–Crippen MR) is 92.7 cm³/mol. The number of benzene rings is 1. The summed E-state index contributed by atoms with van der Waals surface area (Å²) in [5, 5.41) is 3.87. The molecule has 2 amide bonds. The van der Waals surface area contributed by atoms with Crippen LogP contribution in [0.1, 0.15) is 12.8 Å². The lowest BCUT2D eigenvalue weighted by Crippen LogP contribution is -2.46. The first-order valence-electron chi connectivity index (χ1n) is 7.56. The van der Waals surface area contributed by atoms with Crippen molar-refractivity contribution in [1.82, 2.24) is 14.9 Å². The quantitative estimate of drug-likeness (QED) is 0.895. The van der Waals surface area contributed by atoms with Crippen LogP contribution in [0.3, 0.4) is 0 Å². The molecule has 0 spiro atoms. The molecule has 1 atom stereocenters. The standard InChI is InChI=1S/C16H16Cl2N4O2/c17-11-3-1-4-13(7-11)21-16(23)22-6-2-5-14(10-22)24-15-19-8-12(18)9-20-15/h1,3-4,7-9,14H,2,5-6,10H2,(H,21,23). The number of nitrogens with one attached hydrogen (secondary N) is 1. The van der Waals surface area contributed by atoms with E-state index in [9.17, 15) is 4.79 Å². The largest absolute Gasteiger partial charge is 0.458 e. The van der Waals surface area contributed by atoms with Gasteiger partial charge in [-0.2, -0.15) is 0 Å². The average molecular weight is 367 g/mol. The predicted octanol–water partition coefficient (Wildman–Crippen LogP) is 3.86. The Balaban J connectivity index is 1.58. The smallest absolute Gasteiger partial charge is 0.321 e. The number of aromatic nitrogens is 2. The van der Waals surface area contributed by atoms with E-state index in [1.165, 1.54) is 12.4 Å². The maximum Gasteiger partial charge on any atom is 0.321 e. The summed E-state index contributed by atoms with van der Waals surface area (Å²) in [5.74, 6) is 0. The van der Waals surface area contributed by atoms with E-state index in [4.69, 9.17) is 27.9 Å². The van der Waals surface area contributed by atoms with Gasteiger partial charge >= 0.3 is 12.0 Å². The van der Waals surface area contributed by atoms with Gasteiger partial charge in [0.15, 0.2) is 0 Å². The van der Waals surface area contributed by atoms with Crippen molar-refractivity contribution >= 4 is 34.9 Å². The van der Waals surface area contributed by atoms with E-state index >= 15 is 0 Å². The molecule has 8 heteroatoms. The van der Waals surface area contributed by atoms with E-state index in [-0.39, 0.29) is 18.1 Å². The molecule has 2 aromatic rings. The first kappa shape index (κ1) is 16.8. The lowest BCUT2D eigenvalue weighted by atomic mass is 10.1. The molecule has 0 bridgehead atoms. The molecule has 1 saturated heterocycles. The molecule has 1 aromatic heterocycles. The molecule has 0 aliphatic carbocycles. The maximum absolute atomic E-state index is 12.4. The van der Waals surface area contributed by atoms with Crippen LogP contribution < -0.4 is 10.1 Å². The summed E-state index contributed by atoms with van der Waals surface area (Å²) in [7, 11) is 0. The number of carbonyl (C=O) groups excluding carboxylic acids is 1. The highest BCUT2D eigenvalue weighted by molar-refractivity contribution is 6.31. The zero-order valence-corrected chi connectivity index (χ0v) is 14.3. The van der Waals surface area contributed by atoms with Crippen molar-refractivity contribution < 1.29 is 9.53 Å². The van der Waals surface area contributed by atoms with E-state index in [0.29, 0.717) is 28.8 Å². The van der Waals surface area contributed by atoms with Crippen molar-refractivity contribution in [2.75, 3.05) is 18.4 Å². The van der Waals surface area contributed by atoms with Gasteiger partial charge in [0.05, 0.1) is 24.0 Å². The summed E-state index contributed by atoms with van der Waals surface area (Å²) in [6, 6.07) is 7.14. The number of rotatable bonds is 3. The number of likely N-dealkylation sites (tertiary alicyclic amines) is 1. The third-order valence-electron chi connectivity index (χ3n) is 3.61. The fraction of sp³-hybridized carbons (Fsp3) is 0.312. The van der Waals surface area contributed by atoms with Crippen molar-refractivity contribution in [2.24, 2.45) is 0 Å². The van der Waals surface area contributed by atoms with Crippen LogP contribution in [0.5, 0.6) is 6.01 Å². The van der Waals surface area contributed by atoms with Gasteiger partial charge in [-0.15, -0.1) is 0 Å². The monoisotopic (exact) mass is 366 g/mol. The van der Waals surface area contributed by atoms with Crippen molar-refractivity contribution in [3.05, 3.63) is 46.7 Å². The third kappa shape index (κ3) is 4.49. The SMILES string of the molecule is O=C(Nc1cccc(Cl)c1)N1CCCC(Oc2ncc(Cl)cn2)C1. The highest BCUT2D eigenvalue weighted by Crippen LogP contribution is 2.19. The van der Waals surface area contributed by atoms with Gasteiger partial charge in [-0.05, 0) is 31.0 Å². The Morgan fingerprint density at radius 1 is 1.25 bits per heavy atom. The van der Waals surface area contributed by atoms with Gasteiger partial charge in [-0.3, -0.25) is 0 Å². The Hall–Kier alpha value is -2.05. The van der Waals surface area contributed by atoms with Gasteiger partial charge in [0.25, 0.3) is 0 Å². The molecule has 1 aliphatic heterocycles. The lowest BCUT2D eigenvalue weighted by Gasteiger charge is -2.32. The summed E-state index contributed by atoms with van der Waals surface area (Å²) >= 11 is 11.7. The zero-order valence-electron chi connectivity index (χ0n) is 12.8. The molecule has 2 heterocycles. The molecule has 1 unspecified atom stereocenters. The van der Waals surface area contributed by atoms with Crippen molar-refractivity contribution in [2.45, 2.75) is 18.9 Å². The molecule has 24 heavy (non-hydrogen) atoms. The van der Waals surface area contributed by atoms with Crippen molar-refractivity contribution in [3.8, 4) is 6.01 Å². The number of hydrogen-bond donors (Lipinski definition) is 1. The Bertz CT molecular complexity index is 711. The highest BCUT2D eigenvalue weighted by atomic mass is 35.5. The van der Waals surface area contributed by atoms with Crippen molar-refractivity contribution in [3.63, 3.8) is 0 Å². The molecule has 126 valence electrons. The summed E-state index contributed by atoms with van der Waals surface area (Å²) in [5.41, 5.74) is 0.663. The lowest BCUT2D eigenvalue weighted by molar-refractivity contribution is 0.0983. The van der Waals surface area contributed by atoms with Crippen LogP contribution in [0.2, 0.25) is 10.0 Å². The van der Waals surface area contributed by atoms with Gasteiger partial charge in [-0.1, -0.05) is 29.3 Å². The van der Waals surface area contributed by atoms with E-state index < -0.39 is 0 Å². The highest BCUT2D eigenvalue weighted by Gasteiger charge is 2.25. The number of hydrogen-bond acceptors (Lipinski definition) is 4. The van der Waals surface area contributed by atoms with Crippen LogP contribution in [0, 0.1) is 0 Å². The van der Waals surface area contributed by atoms with Gasteiger partial charge in [0, 0.05) is 17.3 Å². The second-order valence-electron chi connectivity index (χ2n) is 5.45. The van der Waals surface area contributed by atoms with E-state index in [0.717, 1.165) is 12.8 Å². The van der Waals surface area contributed by atoms with Crippen LogP contribution in [0.25, 0.3) is 0 Å². The van der Waals surface area contributed by atoms with Crippen LogP contribution in [0.15, 0.2) is 36.7 Å². The molecular formula is C16H16Cl2N4O2. The van der Waals surface area contributed by atoms with Gasteiger partial charge in [0.2, 0.25) is 0 Å². The van der Waals surface area contributed by atoms with Crippen LogP contribution >= 0.6 is 23.2 Å². The molecule has 1 aliphatic rings. The zero-order chi connectivity index (χ0) is 16.9. The Morgan fingerprint density at radius 3 is 2.79 bits per heavy atom. The fourth-order valence-corrected chi connectivity index (χ4v) is 2.79. The van der Waals surface area contributed by atoms with E-state index in [1.807, 2.05) is 0 Å². The minimum atomic E-state index is -0.178. The Kier molecular flexibility index (Phi) is 5.37. The molecule has 6 nitrogen and oxygen atoms in total. The number of amides is 2. The number of urea groups is 1. The first-order valence-corrected chi connectivity index (χ1v) is 8.31. The summed E-state index contributed by atoms with van der Waals surface area (Å²) in [6.45, 7) is 1.14. The summed E-state index contributed by atoms with van der Waals surface area (Å²) in [4.78, 5) is 22.1. The van der Waals surface area contributed by atoms with Crippen LogP contribution in [-0.2, 0) is 0 Å². The van der Waals surface area contributed by atoms with E-state index in [2.05, 4.69) is 15.3 Å². The molecule has 1 aromatic carbocycles. The molecule has 0 radical (unpaired) electrons. The third-order valence-corrected chi connectivity index (χ3v) is 4.04. The van der Waals surface area contributed by atoms with Gasteiger partial charge in [-0.25, -0.2) is 14.8 Å². The molecule has 1 fully saturated rings. The molecule has 0 saturated carbocycles. The first-order chi connectivity index (χ1) is 11.6. The number of piperidine rings is 1. The minimum Gasteiger partial charge on any atom is -0.458 e. The number of halogens is 2. The summed E-state index contributed by atoms with van der Waals surface area (Å²) in [6.07, 6.45) is 4.51.